The van der Waals surface area contributed by atoms with Gasteiger partial charge < -0.3 is 9.47 Å². The van der Waals surface area contributed by atoms with Crippen molar-refractivity contribution < 1.29 is 17.9 Å². The summed E-state index contributed by atoms with van der Waals surface area (Å²) in [5, 5.41) is 0. The Kier molecular flexibility index (Phi) is 6.23. The molecule has 24 heavy (non-hydrogen) atoms. The highest BCUT2D eigenvalue weighted by Crippen LogP contribution is 2.29. The van der Waals surface area contributed by atoms with Crippen LogP contribution < -0.4 is 14.2 Å². The first-order valence-corrected chi connectivity index (χ1v) is 9.22. The number of sulfonamides is 1. The van der Waals surface area contributed by atoms with Crippen LogP contribution in [0.2, 0.25) is 0 Å². The molecular formula is C18H23NO4S. The Hall–Kier alpha value is -2.05. The number of hydrogen-bond acceptors (Lipinski definition) is 4. The van der Waals surface area contributed by atoms with Crippen molar-refractivity contribution >= 4 is 10.0 Å². The molecule has 2 rings (SSSR count). The molecule has 0 unspecified atom stereocenters. The van der Waals surface area contributed by atoms with Crippen molar-refractivity contribution in [3.8, 4) is 11.5 Å². The molecule has 130 valence electrons. The quantitative estimate of drug-likeness (QED) is 0.744. The largest absolute Gasteiger partial charge is 0.493 e. The van der Waals surface area contributed by atoms with E-state index in [2.05, 4.69) is 16.9 Å². The Bertz CT molecular complexity index is 787. The Morgan fingerprint density at radius 1 is 1.00 bits per heavy atom. The predicted molar refractivity (Wildman–Crippen MR) is 94.2 cm³/mol. The molecule has 0 radical (unpaired) electrons. The summed E-state index contributed by atoms with van der Waals surface area (Å²) in [6.45, 7) is 2.42. The highest BCUT2D eigenvalue weighted by Gasteiger charge is 2.16. The smallest absolute Gasteiger partial charge is 0.240 e. The van der Waals surface area contributed by atoms with Gasteiger partial charge in [0, 0.05) is 12.6 Å². The minimum Gasteiger partial charge on any atom is -0.493 e. The van der Waals surface area contributed by atoms with Crippen LogP contribution in [0.25, 0.3) is 0 Å². The van der Waals surface area contributed by atoms with E-state index < -0.39 is 10.0 Å². The fourth-order valence-electron chi connectivity index (χ4n) is 2.43. The van der Waals surface area contributed by atoms with Crippen LogP contribution in [0.3, 0.4) is 0 Å². The van der Waals surface area contributed by atoms with Crippen LogP contribution >= 0.6 is 0 Å². The lowest BCUT2D eigenvalue weighted by Gasteiger charge is -2.11. The zero-order chi connectivity index (χ0) is 17.6. The van der Waals surface area contributed by atoms with E-state index in [4.69, 9.17) is 9.47 Å². The molecule has 0 aliphatic heterocycles. The average Bonchev–Trinajstić information content (AvgIpc) is 2.58. The molecule has 5 nitrogen and oxygen atoms in total. The molecule has 6 heteroatoms. The second-order valence-corrected chi connectivity index (χ2v) is 7.27. The predicted octanol–water partition coefficient (Wildman–Crippen LogP) is 2.92. The summed E-state index contributed by atoms with van der Waals surface area (Å²) < 4.78 is 37.6. The first-order valence-electron chi connectivity index (χ1n) is 7.73. The Morgan fingerprint density at radius 2 is 1.75 bits per heavy atom. The van der Waals surface area contributed by atoms with Gasteiger partial charge in [-0.15, -0.1) is 0 Å². The van der Waals surface area contributed by atoms with Gasteiger partial charge in [-0.1, -0.05) is 29.8 Å². The number of aryl methyl sites for hydroxylation is 2. The second-order valence-electron chi connectivity index (χ2n) is 5.51. The summed E-state index contributed by atoms with van der Waals surface area (Å²) in [5.41, 5.74) is 2.42. The lowest BCUT2D eigenvalue weighted by atomic mass is 10.1. The van der Waals surface area contributed by atoms with Crippen molar-refractivity contribution in [1.82, 2.24) is 4.72 Å². The molecule has 0 bridgehead atoms. The van der Waals surface area contributed by atoms with E-state index in [0.29, 0.717) is 18.0 Å². The maximum absolute atomic E-state index is 12.4. The molecule has 0 amide bonds. The monoisotopic (exact) mass is 349 g/mol. The van der Waals surface area contributed by atoms with Crippen molar-refractivity contribution in [3.05, 3.63) is 53.6 Å². The molecule has 2 aromatic carbocycles. The molecule has 1 N–H and O–H groups in total. The van der Waals surface area contributed by atoms with Gasteiger partial charge in [0.25, 0.3) is 0 Å². The maximum Gasteiger partial charge on any atom is 0.240 e. The van der Waals surface area contributed by atoms with E-state index in [1.165, 1.54) is 37.5 Å². The number of rotatable bonds is 8. The zero-order valence-corrected chi connectivity index (χ0v) is 15.0. The van der Waals surface area contributed by atoms with Crippen LogP contribution in [0.5, 0.6) is 11.5 Å². The van der Waals surface area contributed by atoms with Crippen LogP contribution in [0.1, 0.15) is 17.5 Å². The van der Waals surface area contributed by atoms with Gasteiger partial charge in [0.2, 0.25) is 10.0 Å². The fraction of sp³-hybridized carbons (Fsp3) is 0.333. The number of hydrogen-bond donors (Lipinski definition) is 1. The molecule has 0 heterocycles. The molecule has 2 aromatic rings. The molecule has 0 aliphatic rings. The molecule has 0 atom stereocenters. The highest BCUT2D eigenvalue weighted by molar-refractivity contribution is 7.89. The summed E-state index contributed by atoms with van der Waals surface area (Å²) >= 11 is 0. The molecular weight excluding hydrogens is 326 g/mol. The topological polar surface area (TPSA) is 64.6 Å². The fourth-order valence-corrected chi connectivity index (χ4v) is 3.52. The van der Waals surface area contributed by atoms with E-state index in [1.807, 2.05) is 19.1 Å². The first-order chi connectivity index (χ1) is 11.5. The van der Waals surface area contributed by atoms with Gasteiger partial charge in [-0.25, -0.2) is 13.1 Å². The molecule has 0 fully saturated rings. The van der Waals surface area contributed by atoms with Crippen LogP contribution in [-0.2, 0) is 16.4 Å². The summed E-state index contributed by atoms with van der Waals surface area (Å²) in [6.07, 6.45) is 1.56. The van der Waals surface area contributed by atoms with Crippen LogP contribution in [0.15, 0.2) is 47.4 Å². The lowest BCUT2D eigenvalue weighted by molar-refractivity contribution is 0.354. The average molecular weight is 349 g/mol. The van der Waals surface area contributed by atoms with Gasteiger partial charge in [0.15, 0.2) is 11.5 Å². The molecule has 0 saturated heterocycles. The standard InChI is InChI=1S/C18H23NO4S/c1-14-6-4-7-15(12-14)8-5-11-19-24(20,21)16-9-10-17(22-2)18(13-16)23-3/h4,6-7,9-10,12-13,19H,5,8,11H2,1-3H3. The third-order valence-corrected chi connectivity index (χ3v) is 5.14. The number of nitrogens with one attached hydrogen (secondary N) is 1. The van der Waals surface area contributed by atoms with Crippen LogP contribution in [-0.4, -0.2) is 29.2 Å². The van der Waals surface area contributed by atoms with Gasteiger partial charge in [0.1, 0.15) is 0 Å². The summed E-state index contributed by atoms with van der Waals surface area (Å²) in [7, 11) is -0.581. The van der Waals surface area contributed by atoms with Gasteiger partial charge >= 0.3 is 0 Å². The van der Waals surface area contributed by atoms with Crippen LogP contribution in [0, 0.1) is 6.92 Å². The van der Waals surface area contributed by atoms with E-state index >= 15 is 0 Å². The van der Waals surface area contributed by atoms with Crippen molar-refractivity contribution in [2.45, 2.75) is 24.7 Å². The van der Waals surface area contributed by atoms with Gasteiger partial charge in [-0.3, -0.25) is 0 Å². The molecule has 0 saturated carbocycles. The maximum atomic E-state index is 12.4. The second kappa shape index (κ2) is 8.17. The van der Waals surface area contributed by atoms with Crippen molar-refractivity contribution in [1.29, 1.82) is 0 Å². The number of methoxy groups -OCH3 is 2. The van der Waals surface area contributed by atoms with E-state index in [0.717, 1.165) is 12.8 Å². The van der Waals surface area contributed by atoms with Crippen LogP contribution in [0.4, 0.5) is 0 Å². The minimum atomic E-state index is -3.57. The van der Waals surface area contributed by atoms with Gasteiger partial charge in [0.05, 0.1) is 19.1 Å². The Morgan fingerprint density at radius 3 is 2.42 bits per heavy atom. The van der Waals surface area contributed by atoms with Crippen molar-refractivity contribution in [3.63, 3.8) is 0 Å². The number of benzene rings is 2. The third kappa shape index (κ3) is 4.72. The molecule has 0 aromatic heterocycles. The number of ether oxygens (including phenoxy) is 2. The van der Waals surface area contributed by atoms with Crippen molar-refractivity contribution in [2.24, 2.45) is 0 Å². The highest BCUT2D eigenvalue weighted by atomic mass is 32.2. The first kappa shape index (κ1) is 18.3. The molecule has 0 spiro atoms. The van der Waals surface area contributed by atoms with Gasteiger partial charge in [-0.2, -0.15) is 0 Å². The third-order valence-electron chi connectivity index (χ3n) is 3.68. The Labute approximate surface area is 143 Å². The summed E-state index contributed by atoms with van der Waals surface area (Å²) in [4.78, 5) is 0.163. The lowest BCUT2D eigenvalue weighted by Crippen LogP contribution is -2.25. The molecule has 0 aliphatic carbocycles. The Balaban J connectivity index is 1.96. The summed E-state index contributed by atoms with van der Waals surface area (Å²) in [6, 6.07) is 12.8. The minimum absolute atomic E-state index is 0.163. The van der Waals surface area contributed by atoms with Gasteiger partial charge in [-0.05, 0) is 37.5 Å². The SMILES string of the molecule is COc1ccc(S(=O)(=O)NCCCc2cccc(C)c2)cc1OC. The van der Waals surface area contributed by atoms with E-state index in [1.54, 1.807) is 6.07 Å². The summed E-state index contributed by atoms with van der Waals surface area (Å²) in [5.74, 6) is 0.885. The van der Waals surface area contributed by atoms with E-state index in [-0.39, 0.29) is 4.90 Å². The van der Waals surface area contributed by atoms with Crippen molar-refractivity contribution in [2.75, 3.05) is 20.8 Å². The van der Waals surface area contributed by atoms with E-state index in [9.17, 15) is 8.42 Å². The normalized spacial score (nSPS) is 11.3. The zero-order valence-electron chi connectivity index (χ0n) is 14.2.